The summed E-state index contributed by atoms with van der Waals surface area (Å²) in [6.45, 7) is 5.52. The zero-order valence-electron chi connectivity index (χ0n) is 13.3. The summed E-state index contributed by atoms with van der Waals surface area (Å²) in [4.78, 5) is 1.01. The van der Waals surface area contributed by atoms with Gasteiger partial charge in [0.25, 0.3) is 10.0 Å². The van der Waals surface area contributed by atoms with Gasteiger partial charge in [-0.2, -0.15) is 0 Å². The van der Waals surface area contributed by atoms with Crippen LogP contribution in [0.4, 0.5) is 0 Å². The maximum absolute atomic E-state index is 13.0. The van der Waals surface area contributed by atoms with E-state index in [1.54, 1.807) is 32.2 Å². The highest BCUT2D eigenvalue weighted by atomic mass is 79.9. The van der Waals surface area contributed by atoms with Gasteiger partial charge in [0.05, 0.1) is 18.0 Å². The summed E-state index contributed by atoms with van der Waals surface area (Å²) >= 11 is 4.61. The van der Waals surface area contributed by atoms with Gasteiger partial charge >= 0.3 is 0 Å². The number of halogens is 1. The highest BCUT2D eigenvalue weighted by Crippen LogP contribution is 2.36. The first-order valence-electron chi connectivity index (χ1n) is 7.13. The van der Waals surface area contributed by atoms with Crippen LogP contribution in [-0.2, 0) is 10.0 Å². The van der Waals surface area contributed by atoms with Crippen LogP contribution in [0.1, 0.15) is 6.92 Å². The Morgan fingerprint density at radius 3 is 2.38 bits per heavy atom. The molecule has 7 heteroatoms. The fraction of sp³-hybridized carbons (Fsp3) is 0.176. The number of rotatable bonds is 7. The molecule has 0 heterocycles. The van der Waals surface area contributed by atoms with Crippen LogP contribution in [0.25, 0.3) is 0 Å². The Hall–Kier alpha value is -1.28. The van der Waals surface area contributed by atoms with Gasteiger partial charge in [-0.15, -0.1) is 10.3 Å². The van der Waals surface area contributed by atoms with Crippen molar-refractivity contribution in [3.8, 4) is 5.75 Å². The van der Waals surface area contributed by atoms with Crippen molar-refractivity contribution in [1.29, 1.82) is 0 Å². The van der Waals surface area contributed by atoms with E-state index in [9.17, 15) is 8.42 Å². The molecule has 0 fully saturated rings. The molecule has 24 heavy (non-hydrogen) atoms. The van der Waals surface area contributed by atoms with Gasteiger partial charge in [-0.05, 0) is 71.2 Å². The Bertz CT molecular complexity index is 807. The number of benzene rings is 2. The Balaban J connectivity index is 2.42. The van der Waals surface area contributed by atoms with Crippen molar-refractivity contribution in [2.24, 2.45) is 0 Å². The fourth-order valence-corrected chi connectivity index (χ4v) is 5.25. The lowest BCUT2D eigenvalue weighted by Gasteiger charge is -2.25. The van der Waals surface area contributed by atoms with Gasteiger partial charge in [-0.1, -0.05) is 18.2 Å². The summed E-state index contributed by atoms with van der Waals surface area (Å²) in [5, 5.41) is 0. The van der Waals surface area contributed by atoms with Crippen LogP contribution in [0.3, 0.4) is 0 Å². The molecule has 1 unspecified atom stereocenters. The average molecular weight is 428 g/mol. The monoisotopic (exact) mass is 427 g/mol. The van der Waals surface area contributed by atoms with Crippen LogP contribution in [-0.4, -0.2) is 25.3 Å². The number of methoxy groups -OCH3 is 1. The summed E-state index contributed by atoms with van der Waals surface area (Å²) in [6.07, 6.45) is 1.60. The lowest BCUT2D eigenvalue weighted by molar-refractivity contribution is 0.414. The van der Waals surface area contributed by atoms with Gasteiger partial charge in [0.2, 0.25) is 0 Å². The molecule has 1 atom stereocenters. The molecule has 0 aliphatic carbocycles. The van der Waals surface area contributed by atoms with E-state index in [0.29, 0.717) is 5.75 Å². The van der Waals surface area contributed by atoms with E-state index in [2.05, 4.69) is 22.5 Å². The van der Waals surface area contributed by atoms with E-state index in [1.807, 2.05) is 24.3 Å². The zero-order valence-corrected chi connectivity index (χ0v) is 16.6. The Kier molecular flexibility index (Phi) is 6.51. The van der Waals surface area contributed by atoms with E-state index in [-0.39, 0.29) is 10.9 Å². The van der Waals surface area contributed by atoms with Crippen molar-refractivity contribution >= 4 is 37.9 Å². The summed E-state index contributed by atoms with van der Waals surface area (Å²) in [6, 6.07) is 13.4. The zero-order chi connectivity index (χ0) is 17.7. The van der Waals surface area contributed by atoms with E-state index in [1.165, 1.54) is 15.8 Å². The molecule has 4 nitrogen and oxygen atoms in total. The number of hydrogen-bond acceptors (Lipinski definition) is 4. The molecule has 0 N–H and O–H groups in total. The van der Waals surface area contributed by atoms with Gasteiger partial charge in [0, 0.05) is 9.37 Å². The molecule has 0 amide bonds. The number of nitrogens with zero attached hydrogens (tertiary/aromatic N) is 1. The van der Waals surface area contributed by atoms with Crippen molar-refractivity contribution in [2.45, 2.75) is 22.8 Å². The smallest absolute Gasteiger partial charge is 0.253 e. The molecule has 0 bridgehead atoms. The van der Waals surface area contributed by atoms with Crippen LogP contribution in [0.5, 0.6) is 5.75 Å². The highest BCUT2D eigenvalue weighted by Gasteiger charge is 2.29. The molecule has 0 spiro atoms. The molecule has 128 valence electrons. The minimum absolute atomic E-state index is 0.205. The van der Waals surface area contributed by atoms with Crippen LogP contribution in [0, 0.1) is 0 Å². The number of sulfonamides is 1. The first-order valence-corrected chi connectivity index (χ1v) is 10.1. The predicted molar refractivity (Wildman–Crippen MR) is 102 cm³/mol. The van der Waals surface area contributed by atoms with Crippen molar-refractivity contribution in [3.63, 3.8) is 0 Å². The maximum atomic E-state index is 13.0. The summed E-state index contributed by atoms with van der Waals surface area (Å²) in [7, 11) is -2.16. The maximum Gasteiger partial charge on any atom is 0.253 e. The van der Waals surface area contributed by atoms with Crippen LogP contribution < -0.4 is 4.74 Å². The first-order chi connectivity index (χ1) is 11.4. The van der Waals surface area contributed by atoms with Crippen molar-refractivity contribution in [1.82, 2.24) is 3.71 Å². The minimum Gasteiger partial charge on any atom is -0.497 e. The fourth-order valence-electron chi connectivity index (χ4n) is 1.90. The van der Waals surface area contributed by atoms with Crippen molar-refractivity contribution in [3.05, 3.63) is 65.7 Å². The molecule has 0 aromatic heterocycles. The second-order valence-corrected chi connectivity index (χ2v) is 8.85. The Morgan fingerprint density at radius 1 is 1.21 bits per heavy atom. The molecular formula is C17H18BrNO3S2. The second kappa shape index (κ2) is 8.20. The minimum atomic E-state index is -3.70. The van der Waals surface area contributed by atoms with Crippen LogP contribution in [0.15, 0.2) is 75.4 Å². The number of hydrogen-bond donors (Lipinski definition) is 0. The SMILES string of the molecule is C=CC(C)N(Sc1ccccc1Br)S(=O)(=O)c1ccc(OC)cc1. The third kappa shape index (κ3) is 4.22. The molecular weight excluding hydrogens is 410 g/mol. The predicted octanol–water partition coefficient (Wildman–Crippen LogP) is 4.73. The average Bonchev–Trinajstić information content (AvgIpc) is 2.60. The van der Waals surface area contributed by atoms with E-state index < -0.39 is 10.0 Å². The lowest BCUT2D eigenvalue weighted by Crippen LogP contribution is -2.31. The van der Waals surface area contributed by atoms with Gasteiger partial charge in [0.15, 0.2) is 0 Å². The van der Waals surface area contributed by atoms with Crippen molar-refractivity contribution in [2.75, 3.05) is 7.11 Å². The summed E-state index contributed by atoms with van der Waals surface area (Å²) in [5.74, 6) is 0.607. The molecule has 2 aromatic rings. The molecule has 0 aliphatic rings. The van der Waals surface area contributed by atoms with Gasteiger partial charge in [-0.3, -0.25) is 0 Å². The normalized spacial score (nSPS) is 12.8. The standard InChI is InChI=1S/C17H18BrNO3S2/c1-4-13(2)19(23-17-8-6-5-7-16(17)18)24(20,21)15-11-9-14(22-3)10-12-15/h4-13H,1H2,2-3H3. The summed E-state index contributed by atoms with van der Waals surface area (Å²) in [5.41, 5.74) is 0. The van der Waals surface area contributed by atoms with Crippen LogP contribution in [0.2, 0.25) is 0 Å². The third-order valence-corrected chi connectivity index (χ3v) is 7.80. The quantitative estimate of drug-likeness (QED) is 0.473. The van der Waals surface area contributed by atoms with E-state index in [4.69, 9.17) is 4.74 Å². The molecule has 2 aromatic carbocycles. The molecule has 2 rings (SSSR count). The molecule has 0 aliphatic heterocycles. The molecule has 0 saturated carbocycles. The topological polar surface area (TPSA) is 46.6 Å². The van der Waals surface area contributed by atoms with Crippen LogP contribution >= 0.6 is 27.9 Å². The Morgan fingerprint density at radius 2 is 1.83 bits per heavy atom. The van der Waals surface area contributed by atoms with Gasteiger partial charge < -0.3 is 4.74 Å². The largest absolute Gasteiger partial charge is 0.497 e. The highest BCUT2D eigenvalue weighted by molar-refractivity contribution is 9.10. The van der Waals surface area contributed by atoms with E-state index >= 15 is 0 Å². The second-order valence-electron chi connectivity index (χ2n) is 4.93. The Labute approximate surface area is 155 Å². The lowest BCUT2D eigenvalue weighted by atomic mass is 10.3. The van der Waals surface area contributed by atoms with Gasteiger partial charge in [0.1, 0.15) is 5.75 Å². The number of ether oxygens (including phenoxy) is 1. The summed E-state index contributed by atoms with van der Waals surface area (Å²) < 4.78 is 33.4. The first kappa shape index (κ1) is 19.1. The third-order valence-electron chi connectivity index (χ3n) is 3.29. The van der Waals surface area contributed by atoms with E-state index in [0.717, 1.165) is 21.3 Å². The van der Waals surface area contributed by atoms with Gasteiger partial charge in [-0.25, -0.2) is 8.42 Å². The molecule has 0 saturated heterocycles. The van der Waals surface area contributed by atoms with Crippen molar-refractivity contribution < 1.29 is 13.2 Å². The molecule has 0 radical (unpaired) electrons.